The molecule has 0 radical (unpaired) electrons. The van der Waals surface area contributed by atoms with Gasteiger partial charge in [-0.25, -0.2) is 9.31 Å². The number of nitrogens with one attached hydrogen (secondary N) is 1. The number of fused-ring (bicyclic) bond motifs is 1. The fourth-order valence-electron chi connectivity index (χ4n) is 3.14. The maximum Gasteiger partial charge on any atom is 0.359 e. The van der Waals surface area contributed by atoms with Crippen molar-refractivity contribution in [3.8, 4) is 11.3 Å². The molecule has 2 heterocycles. The fourth-order valence-corrected chi connectivity index (χ4v) is 3.33. The molecule has 3 aromatic rings. The summed E-state index contributed by atoms with van der Waals surface area (Å²) in [4.78, 5) is 28.3. The summed E-state index contributed by atoms with van der Waals surface area (Å²) in [6.45, 7) is 3.79. The summed E-state index contributed by atoms with van der Waals surface area (Å²) < 4.78 is 6.96. The number of benzene rings is 1. The molecule has 1 fully saturated rings. The molecule has 1 unspecified atom stereocenters. The Morgan fingerprint density at radius 1 is 1.44 bits per heavy atom. The molecular weight excluding hydrogens is 366 g/mol. The Morgan fingerprint density at radius 3 is 2.89 bits per heavy atom. The molecular formula is C20H20ClN3O3. The van der Waals surface area contributed by atoms with Crippen molar-refractivity contribution in [2.45, 2.75) is 45.1 Å². The van der Waals surface area contributed by atoms with Crippen LogP contribution in [-0.4, -0.2) is 26.7 Å². The highest BCUT2D eigenvalue weighted by molar-refractivity contribution is 6.30. The van der Waals surface area contributed by atoms with E-state index in [1.54, 1.807) is 18.3 Å². The van der Waals surface area contributed by atoms with Gasteiger partial charge in [0.25, 0.3) is 5.56 Å². The fraction of sp³-hybridized carbons (Fsp3) is 0.350. The minimum absolute atomic E-state index is 0.181. The molecule has 140 valence electrons. The lowest BCUT2D eigenvalue weighted by Gasteiger charge is -2.09. The van der Waals surface area contributed by atoms with Crippen LogP contribution in [0.25, 0.3) is 16.8 Å². The third-order valence-corrected chi connectivity index (χ3v) is 5.09. The Morgan fingerprint density at radius 2 is 2.22 bits per heavy atom. The minimum Gasteiger partial charge on any atom is -0.458 e. The Hall–Kier alpha value is -2.60. The third kappa shape index (κ3) is 3.37. The van der Waals surface area contributed by atoms with E-state index in [1.165, 1.54) is 4.52 Å². The summed E-state index contributed by atoms with van der Waals surface area (Å²) >= 11 is 6.06. The quantitative estimate of drug-likeness (QED) is 0.668. The molecule has 0 amide bonds. The normalized spacial score (nSPS) is 15.1. The third-order valence-electron chi connectivity index (χ3n) is 4.86. The molecule has 1 saturated carbocycles. The number of hydrogen-bond acceptors (Lipinski definition) is 4. The molecule has 7 heteroatoms. The molecule has 1 aromatic carbocycles. The lowest BCUT2D eigenvalue weighted by molar-refractivity contribution is 0.0326. The van der Waals surface area contributed by atoms with Gasteiger partial charge in [0.15, 0.2) is 5.69 Å². The smallest absolute Gasteiger partial charge is 0.359 e. The van der Waals surface area contributed by atoms with Crippen LogP contribution in [0.2, 0.25) is 5.02 Å². The van der Waals surface area contributed by atoms with Crippen LogP contribution in [0, 0.1) is 0 Å². The second-order valence-electron chi connectivity index (χ2n) is 6.96. The zero-order chi connectivity index (χ0) is 19.1. The van der Waals surface area contributed by atoms with Gasteiger partial charge in [0.1, 0.15) is 5.52 Å². The summed E-state index contributed by atoms with van der Waals surface area (Å²) in [6, 6.07) is 7.20. The van der Waals surface area contributed by atoms with E-state index in [0.717, 1.165) is 24.8 Å². The number of hydrogen-bond donors (Lipinski definition) is 1. The largest absolute Gasteiger partial charge is 0.458 e. The van der Waals surface area contributed by atoms with Crippen molar-refractivity contribution in [3.05, 3.63) is 57.1 Å². The van der Waals surface area contributed by atoms with E-state index < -0.39 is 5.97 Å². The molecule has 0 saturated heterocycles. The van der Waals surface area contributed by atoms with Crippen LogP contribution < -0.4 is 5.56 Å². The van der Waals surface area contributed by atoms with Gasteiger partial charge in [0, 0.05) is 16.1 Å². The predicted molar refractivity (Wildman–Crippen MR) is 103 cm³/mol. The SMILES string of the molecule is CCC(C)OC(=O)c1nn2cc(-c3cccc(Cl)c3)[nH]c(=O)c2c1C1CC1. The number of ether oxygens (including phenoxy) is 1. The molecule has 2 aromatic heterocycles. The molecule has 0 bridgehead atoms. The Bertz CT molecular complexity index is 1080. The summed E-state index contributed by atoms with van der Waals surface area (Å²) in [6.07, 6.45) is 4.13. The number of nitrogens with zero attached hydrogens (tertiary/aromatic N) is 2. The van der Waals surface area contributed by atoms with E-state index >= 15 is 0 Å². The second kappa shape index (κ2) is 6.85. The number of carbonyl (C=O) groups excluding carboxylic acids is 1. The van der Waals surface area contributed by atoms with Crippen molar-refractivity contribution in [3.63, 3.8) is 0 Å². The number of esters is 1. The Labute approximate surface area is 161 Å². The summed E-state index contributed by atoms with van der Waals surface area (Å²) in [7, 11) is 0. The van der Waals surface area contributed by atoms with Gasteiger partial charge in [-0.05, 0) is 44.2 Å². The number of aromatic amines is 1. The summed E-state index contributed by atoms with van der Waals surface area (Å²) in [5.41, 5.74) is 2.44. The Kier molecular flexibility index (Phi) is 4.52. The van der Waals surface area contributed by atoms with Gasteiger partial charge in [-0.15, -0.1) is 0 Å². The van der Waals surface area contributed by atoms with Crippen molar-refractivity contribution < 1.29 is 9.53 Å². The van der Waals surface area contributed by atoms with E-state index in [0.29, 0.717) is 21.8 Å². The molecule has 0 aliphatic heterocycles. The Balaban J connectivity index is 1.86. The van der Waals surface area contributed by atoms with Crippen LogP contribution in [0.4, 0.5) is 0 Å². The van der Waals surface area contributed by atoms with Crippen LogP contribution in [0.1, 0.15) is 55.1 Å². The standard InChI is InChI=1S/C20H20ClN3O3/c1-3-11(2)27-20(26)17-16(12-7-8-12)18-19(25)22-15(10-24(18)23-17)13-5-4-6-14(21)9-13/h4-6,9-12H,3,7-8H2,1-2H3,(H,22,25). The van der Waals surface area contributed by atoms with Crippen molar-refractivity contribution in [1.29, 1.82) is 0 Å². The number of rotatable bonds is 5. The summed E-state index contributed by atoms with van der Waals surface area (Å²) in [5, 5.41) is 4.99. The van der Waals surface area contributed by atoms with E-state index in [1.807, 2.05) is 26.0 Å². The molecule has 1 atom stereocenters. The lowest BCUT2D eigenvalue weighted by atomic mass is 10.1. The van der Waals surface area contributed by atoms with E-state index in [9.17, 15) is 9.59 Å². The highest BCUT2D eigenvalue weighted by Crippen LogP contribution is 2.43. The van der Waals surface area contributed by atoms with Gasteiger partial charge in [-0.3, -0.25) is 4.79 Å². The maximum absolute atomic E-state index is 12.8. The minimum atomic E-state index is -0.473. The lowest BCUT2D eigenvalue weighted by Crippen LogP contribution is -2.16. The number of halogens is 1. The summed E-state index contributed by atoms with van der Waals surface area (Å²) in [5.74, 6) is -0.293. The zero-order valence-corrected chi connectivity index (χ0v) is 15.9. The van der Waals surface area contributed by atoms with Gasteiger partial charge >= 0.3 is 5.97 Å². The number of carbonyl (C=O) groups is 1. The van der Waals surface area contributed by atoms with Crippen molar-refractivity contribution >= 4 is 23.1 Å². The monoisotopic (exact) mass is 385 g/mol. The topological polar surface area (TPSA) is 76.5 Å². The first-order chi connectivity index (χ1) is 13.0. The van der Waals surface area contributed by atoms with Crippen molar-refractivity contribution in [2.24, 2.45) is 0 Å². The second-order valence-corrected chi connectivity index (χ2v) is 7.40. The van der Waals surface area contributed by atoms with Gasteiger partial charge in [0.2, 0.25) is 0 Å². The van der Waals surface area contributed by atoms with Crippen molar-refractivity contribution in [2.75, 3.05) is 0 Å². The van der Waals surface area contributed by atoms with E-state index in [-0.39, 0.29) is 23.3 Å². The molecule has 27 heavy (non-hydrogen) atoms. The first-order valence-electron chi connectivity index (χ1n) is 9.10. The predicted octanol–water partition coefficient (Wildman–Crippen LogP) is 4.18. The van der Waals surface area contributed by atoms with Gasteiger partial charge in [0.05, 0.1) is 18.0 Å². The van der Waals surface area contributed by atoms with Gasteiger partial charge in [-0.1, -0.05) is 30.7 Å². The number of H-pyrrole nitrogens is 1. The van der Waals surface area contributed by atoms with Crippen LogP contribution in [0.5, 0.6) is 0 Å². The van der Waals surface area contributed by atoms with Crippen LogP contribution in [0.15, 0.2) is 35.3 Å². The van der Waals surface area contributed by atoms with Gasteiger partial charge in [-0.2, -0.15) is 5.10 Å². The molecule has 6 nitrogen and oxygen atoms in total. The average molecular weight is 386 g/mol. The van der Waals surface area contributed by atoms with E-state index in [2.05, 4.69) is 10.1 Å². The highest BCUT2D eigenvalue weighted by Gasteiger charge is 2.35. The zero-order valence-electron chi connectivity index (χ0n) is 15.2. The maximum atomic E-state index is 12.8. The molecule has 4 rings (SSSR count). The van der Waals surface area contributed by atoms with Crippen LogP contribution >= 0.6 is 11.6 Å². The average Bonchev–Trinajstić information content (AvgIpc) is 3.41. The molecule has 1 aliphatic carbocycles. The van der Waals surface area contributed by atoms with Crippen LogP contribution in [-0.2, 0) is 4.74 Å². The van der Waals surface area contributed by atoms with E-state index in [4.69, 9.17) is 16.3 Å². The number of aromatic nitrogens is 3. The molecule has 0 spiro atoms. The first-order valence-corrected chi connectivity index (χ1v) is 9.48. The molecule has 1 N–H and O–H groups in total. The van der Waals surface area contributed by atoms with Crippen LogP contribution in [0.3, 0.4) is 0 Å². The van der Waals surface area contributed by atoms with Gasteiger partial charge < -0.3 is 9.72 Å². The first kappa shape index (κ1) is 17.8. The van der Waals surface area contributed by atoms with Crippen molar-refractivity contribution in [1.82, 2.24) is 14.6 Å². The molecule has 1 aliphatic rings. The highest BCUT2D eigenvalue weighted by atomic mass is 35.5.